The molecule has 2 aliphatic heterocycles. The van der Waals surface area contributed by atoms with Crippen LogP contribution in [0.2, 0.25) is 0 Å². The lowest BCUT2D eigenvalue weighted by atomic mass is 9.93. The maximum atomic E-state index is 10.9. The number of rotatable bonds is 3. The molecule has 25 heavy (non-hydrogen) atoms. The predicted octanol–water partition coefficient (Wildman–Crippen LogP) is 3.66. The number of hydrogen-bond donors (Lipinski definition) is 1. The molecule has 4 rings (SSSR count). The van der Waals surface area contributed by atoms with Gasteiger partial charge in [-0.05, 0) is 25.0 Å². The van der Waals surface area contributed by atoms with E-state index in [-0.39, 0.29) is 29.0 Å². The van der Waals surface area contributed by atoms with Crippen molar-refractivity contribution in [1.29, 1.82) is 0 Å². The molecule has 1 aromatic heterocycles. The number of benzene rings is 1. The average Bonchev–Trinajstić information content (AvgIpc) is 3.22. The van der Waals surface area contributed by atoms with E-state index in [2.05, 4.69) is 56.5 Å². The zero-order valence-electron chi connectivity index (χ0n) is 13.5. The lowest BCUT2D eigenvalue weighted by molar-refractivity contribution is -0.402. The van der Waals surface area contributed by atoms with Crippen LogP contribution < -0.4 is 5.32 Å². The smallest absolute Gasteiger partial charge is 0.404 e. The first-order chi connectivity index (χ1) is 12.0. The fraction of sp³-hybridized carbons (Fsp3) is 0.353. The summed E-state index contributed by atoms with van der Waals surface area (Å²) in [5.74, 6) is 0.347. The minimum absolute atomic E-state index is 0.0339. The van der Waals surface area contributed by atoms with Crippen LogP contribution >= 0.6 is 15.9 Å². The number of fused-ring (bicyclic) bond motifs is 1. The fourth-order valence-electron chi connectivity index (χ4n) is 3.48. The summed E-state index contributed by atoms with van der Waals surface area (Å²) in [6.07, 6.45) is 2.54. The Labute approximate surface area is 153 Å². The quantitative estimate of drug-likeness (QED) is 0.479. The van der Waals surface area contributed by atoms with Crippen molar-refractivity contribution < 1.29 is 9.34 Å². The average molecular weight is 405 g/mol. The summed E-state index contributed by atoms with van der Waals surface area (Å²) in [4.78, 5) is 10.5. The van der Waals surface area contributed by atoms with Crippen molar-refractivity contribution >= 4 is 28.0 Å². The Bertz CT molecular complexity index is 837. The van der Waals surface area contributed by atoms with Crippen LogP contribution in [-0.2, 0) is 0 Å². The van der Waals surface area contributed by atoms with E-state index in [0.717, 1.165) is 0 Å². The molecule has 4 unspecified atom stereocenters. The van der Waals surface area contributed by atoms with E-state index < -0.39 is 4.92 Å². The van der Waals surface area contributed by atoms with Gasteiger partial charge >= 0.3 is 5.88 Å². The van der Waals surface area contributed by atoms with Gasteiger partial charge in [0.25, 0.3) is 0 Å². The number of alkyl halides is 1. The number of furan rings is 1. The van der Waals surface area contributed by atoms with Crippen molar-refractivity contribution in [3.8, 4) is 0 Å². The van der Waals surface area contributed by atoms with Crippen molar-refractivity contribution in [3.63, 3.8) is 0 Å². The minimum Gasteiger partial charge on any atom is -0.404 e. The zero-order valence-corrected chi connectivity index (χ0v) is 15.1. The van der Waals surface area contributed by atoms with Crippen LogP contribution in [-0.4, -0.2) is 27.1 Å². The molecule has 2 aliphatic rings. The van der Waals surface area contributed by atoms with Gasteiger partial charge in [0.05, 0.1) is 23.0 Å². The molecular formula is C17H17BrN4O3. The van der Waals surface area contributed by atoms with Gasteiger partial charge in [-0.2, -0.15) is 5.10 Å². The Morgan fingerprint density at radius 1 is 1.40 bits per heavy atom. The van der Waals surface area contributed by atoms with Gasteiger partial charge in [0.1, 0.15) is 16.8 Å². The minimum atomic E-state index is -0.511. The monoisotopic (exact) mass is 404 g/mol. The molecule has 1 fully saturated rings. The number of hydrogen-bond acceptors (Lipinski definition) is 6. The van der Waals surface area contributed by atoms with E-state index in [4.69, 9.17) is 4.42 Å². The molecule has 0 spiro atoms. The number of hydrazone groups is 1. The van der Waals surface area contributed by atoms with Crippen LogP contribution in [0.15, 0.2) is 45.9 Å². The third kappa shape index (κ3) is 2.96. The Kier molecular flexibility index (Phi) is 4.09. The van der Waals surface area contributed by atoms with Gasteiger partial charge in [-0.15, -0.1) is 0 Å². The molecule has 3 heterocycles. The van der Waals surface area contributed by atoms with Crippen LogP contribution in [0.25, 0.3) is 0 Å². The van der Waals surface area contributed by atoms with Gasteiger partial charge in [-0.25, -0.2) is 0 Å². The highest BCUT2D eigenvalue weighted by molar-refractivity contribution is 9.10. The van der Waals surface area contributed by atoms with Gasteiger partial charge in [0, 0.05) is 6.21 Å². The maximum absolute atomic E-state index is 10.9. The number of halogens is 1. The second-order valence-corrected chi connectivity index (χ2v) is 7.41. The van der Waals surface area contributed by atoms with Crippen LogP contribution in [0.5, 0.6) is 0 Å². The summed E-state index contributed by atoms with van der Waals surface area (Å²) in [6, 6.07) is 11.4. The van der Waals surface area contributed by atoms with Gasteiger partial charge < -0.3 is 4.42 Å². The van der Waals surface area contributed by atoms with Gasteiger partial charge in [-0.3, -0.25) is 20.4 Å². The van der Waals surface area contributed by atoms with Crippen molar-refractivity contribution in [3.05, 3.63) is 63.4 Å². The molecule has 130 valence electrons. The SMILES string of the molecule is Cc1cccc(C2CC(c3ccc([N+](=O)[O-])o3)NC3C(Br)C=NN23)c1. The number of nitrogens with zero attached hydrogens (tertiary/aromatic N) is 3. The summed E-state index contributed by atoms with van der Waals surface area (Å²) in [5, 5.41) is 21.0. The largest absolute Gasteiger partial charge is 0.433 e. The number of nitro groups is 1. The first kappa shape index (κ1) is 16.3. The van der Waals surface area contributed by atoms with Gasteiger partial charge in [0.2, 0.25) is 0 Å². The third-order valence-electron chi connectivity index (χ3n) is 4.64. The van der Waals surface area contributed by atoms with Crippen molar-refractivity contribution in [2.45, 2.75) is 36.4 Å². The van der Waals surface area contributed by atoms with E-state index in [1.807, 2.05) is 12.3 Å². The molecule has 8 heteroatoms. The summed E-state index contributed by atoms with van der Waals surface area (Å²) in [7, 11) is 0. The van der Waals surface area contributed by atoms with E-state index in [1.54, 1.807) is 6.07 Å². The Morgan fingerprint density at radius 3 is 2.96 bits per heavy atom. The van der Waals surface area contributed by atoms with E-state index in [0.29, 0.717) is 12.2 Å². The summed E-state index contributed by atoms with van der Waals surface area (Å²) in [6.45, 7) is 2.07. The Morgan fingerprint density at radius 2 is 2.24 bits per heavy atom. The van der Waals surface area contributed by atoms with E-state index in [1.165, 1.54) is 17.2 Å². The van der Waals surface area contributed by atoms with E-state index in [9.17, 15) is 10.1 Å². The molecule has 2 aromatic rings. The first-order valence-electron chi connectivity index (χ1n) is 8.06. The van der Waals surface area contributed by atoms with Gasteiger partial charge in [-0.1, -0.05) is 45.8 Å². The van der Waals surface area contributed by atoms with Gasteiger partial charge in [0.15, 0.2) is 0 Å². The number of aryl methyl sites for hydroxylation is 1. The summed E-state index contributed by atoms with van der Waals surface area (Å²) in [5.41, 5.74) is 2.37. The second kappa shape index (κ2) is 6.27. The van der Waals surface area contributed by atoms with Crippen molar-refractivity contribution in [2.24, 2.45) is 5.10 Å². The molecule has 1 aromatic carbocycles. The molecule has 1 saturated heterocycles. The summed E-state index contributed by atoms with van der Waals surface area (Å²) >= 11 is 3.63. The van der Waals surface area contributed by atoms with Crippen LogP contribution in [0.1, 0.15) is 35.4 Å². The van der Waals surface area contributed by atoms with Crippen LogP contribution in [0.3, 0.4) is 0 Å². The first-order valence-corrected chi connectivity index (χ1v) is 8.98. The lowest BCUT2D eigenvalue weighted by Gasteiger charge is -2.42. The number of nitrogens with one attached hydrogen (secondary N) is 1. The zero-order chi connectivity index (χ0) is 17.6. The van der Waals surface area contributed by atoms with Crippen LogP contribution in [0, 0.1) is 17.0 Å². The van der Waals surface area contributed by atoms with Crippen molar-refractivity contribution in [1.82, 2.24) is 10.3 Å². The highest BCUT2D eigenvalue weighted by Crippen LogP contribution is 2.41. The molecule has 0 saturated carbocycles. The molecular weight excluding hydrogens is 388 g/mol. The standard InChI is InChI=1S/C17H17BrN4O3/c1-10-3-2-4-11(7-10)14-8-13(15-5-6-16(25-15)22(23)24)20-17-12(18)9-19-21(14)17/h2-7,9,12-14,17,20H,8H2,1H3. The lowest BCUT2D eigenvalue weighted by Crippen LogP contribution is -2.52. The normalized spacial score (nSPS) is 28.2. The van der Waals surface area contributed by atoms with Crippen molar-refractivity contribution in [2.75, 3.05) is 0 Å². The molecule has 0 amide bonds. The summed E-state index contributed by atoms with van der Waals surface area (Å²) < 4.78 is 5.44. The topological polar surface area (TPSA) is 83.9 Å². The molecule has 4 atom stereocenters. The Hall–Kier alpha value is -2.19. The molecule has 7 nitrogen and oxygen atoms in total. The molecule has 0 radical (unpaired) electrons. The third-order valence-corrected chi connectivity index (χ3v) is 5.38. The maximum Gasteiger partial charge on any atom is 0.433 e. The molecule has 0 aliphatic carbocycles. The molecule has 0 bridgehead atoms. The molecule has 1 N–H and O–H groups in total. The second-order valence-electron chi connectivity index (χ2n) is 6.35. The predicted molar refractivity (Wildman–Crippen MR) is 96.6 cm³/mol. The highest BCUT2D eigenvalue weighted by atomic mass is 79.9. The van der Waals surface area contributed by atoms with Crippen LogP contribution in [0.4, 0.5) is 5.88 Å². The van der Waals surface area contributed by atoms with E-state index >= 15 is 0 Å². The fourth-order valence-corrected chi connectivity index (χ4v) is 3.98. The Balaban J connectivity index is 1.67. The highest BCUT2D eigenvalue weighted by Gasteiger charge is 2.42.